The molecule has 2 aromatic carbocycles. The van der Waals surface area contributed by atoms with Gasteiger partial charge >= 0.3 is 5.97 Å². The molecule has 3 rings (SSSR count). The van der Waals surface area contributed by atoms with E-state index in [1.165, 1.54) is 12.7 Å². The minimum atomic E-state index is -0.532. The SMILES string of the molecule is CCCCOc1ccc(NC(=O)C2(c3ccc(C)cc3)CCCC2)cc1C(=O)OC. The van der Waals surface area contributed by atoms with Crippen LogP contribution in [0, 0.1) is 6.92 Å². The number of esters is 1. The molecule has 5 heteroatoms. The Morgan fingerprint density at radius 3 is 2.40 bits per heavy atom. The predicted octanol–water partition coefficient (Wildman–Crippen LogP) is 5.41. The van der Waals surface area contributed by atoms with Crippen LogP contribution in [-0.2, 0) is 14.9 Å². The van der Waals surface area contributed by atoms with Crippen LogP contribution in [0.1, 0.15) is 66.9 Å². The number of carbonyl (C=O) groups is 2. The van der Waals surface area contributed by atoms with E-state index in [2.05, 4.69) is 36.5 Å². The quantitative estimate of drug-likeness (QED) is 0.468. The zero-order valence-electron chi connectivity index (χ0n) is 18.1. The highest BCUT2D eigenvalue weighted by Gasteiger charge is 2.42. The summed E-state index contributed by atoms with van der Waals surface area (Å²) in [4.78, 5) is 25.7. The van der Waals surface area contributed by atoms with Gasteiger partial charge in [-0.15, -0.1) is 0 Å². The molecule has 0 radical (unpaired) electrons. The lowest BCUT2D eigenvalue weighted by Crippen LogP contribution is -2.38. The highest BCUT2D eigenvalue weighted by molar-refractivity contribution is 6.01. The second-order valence-electron chi connectivity index (χ2n) is 8.01. The van der Waals surface area contributed by atoms with E-state index in [0.717, 1.165) is 44.1 Å². The number of amides is 1. The van der Waals surface area contributed by atoms with Crippen LogP contribution in [0.5, 0.6) is 5.75 Å². The van der Waals surface area contributed by atoms with Gasteiger partial charge in [0.1, 0.15) is 11.3 Å². The largest absolute Gasteiger partial charge is 0.493 e. The summed E-state index contributed by atoms with van der Waals surface area (Å²) >= 11 is 0. The van der Waals surface area contributed by atoms with Crippen LogP contribution in [0.25, 0.3) is 0 Å². The van der Waals surface area contributed by atoms with Gasteiger partial charge in [0.25, 0.3) is 0 Å². The molecule has 160 valence electrons. The fourth-order valence-electron chi connectivity index (χ4n) is 4.08. The van der Waals surface area contributed by atoms with Crippen molar-refractivity contribution >= 4 is 17.6 Å². The van der Waals surface area contributed by atoms with E-state index in [1.54, 1.807) is 18.2 Å². The topological polar surface area (TPSA) is 64.6 Å². The number of hydrogen-bond acceptors (Lipinski definition) is 4. The third-order valence-electron chi connectivity index (χ3n) is 5.89. The molecule has 0 aromatic heterocycles. The molecule has 1 saturated carbocycles. The molecule has 1 aliphatic carbocycles. The second-order valence-corrected chi connectivity index (χ2v) is 8.01. The molecule has 1 fully saturated rings. The first-order valence-corrected chi connectivity index (χ1v) is 10.7. The standard InChI is InChI=1S/C25H31NO4/c1-4-5-16-30-22-13-12-20(17-21(22)23(27)29-3)26-24(28)25(14-6-7-15-25)19-10-8-18(2)9-11-19/h8-13,17H,4-7,14-16H2,1-3H3,(H,26,28). The molecule has 1 N–H and O–H groups in total. The number of anilines is 1. The fourth-order valence-corrected chi connectivity index (χ4v) is 4.08. The van der Waals surface area contributed by atoms with Crippen molar-refractivity contribution < 1.29 is 19.1 Å². The molecule has 0 spiro atoms. The van der Waals surface area contributed by atoms with Crippen molar-refractivity contribution in [1.29, 1.82) is 0 Å². The van der Waals surface area contributed by atoms with Crippen LogP contribution in [-0.4, -0.2) is 25.6 Å². The number of benzene rings is 2. The molecule has 0 bridgehead atoms. The predicted molar refractivity (Wildman–Crippen MR) is 118 cm³/mol. The van der Waals surface area contributed by atoms with Gasteiger partial charge in [-0.05, 0) is 49.9 Å². The second kappa shape index (κ2) is 9.79. The smallest absolute Gasteiger partial charge is 0.341 e. The van der Waals surface area contributed by atoms with Gasteiger partial charge in [-0.25, -0.2) is 4.79 Å². The first-order chi connectivity index (χ1) is 14.5. The zero-order valence-corrected chi connectivity index (χ0v) is 18.1. The normalized spacial score (nSPS) is 14.9. The summed E-state index contributed by atoms with van der Waals surface area (Å²) in [6, 6.07) is 13.4. The number of hydrogen-bond donors (Lipinski definition) is 1. The minimum absolute atomic E-state index is 0.0284. The van der Waals surface area contributed by atoms with E-state index in [-0.39, 0.29) is 5.91 Å². The van der Waals surface area contributed by atoms with E-state index in [0.29, 0.717) is 23.6 Å². The monoisotopic (exact) mass is 409 g/mol. The van der Waals surface area contributed by atoms with Crippen LogP contribution in [0.4, 0.5) is 5.69 Å². The van der Waals surface area contributed by atoms with E-state index < -0.39 is 11.4 Å². The molecule has 1 amide bonds. The number of unbranched alkanes of at least 4 members (excludes halogenated alkanes) is 1. The van der Waals surface area contributed by atoms with Gasteiger partial charge in [0, 0.05) is 5.69 Å². The number of ether oxygens (including phenoxy) is 2. The van der Waals surface area contributed by atoms with E-state index in [1.807, 2.05) is 6.92 Å². The number of nitrogens with one attached hydrogen (secondary N) is 1. The van der Waals surface area contributed by atoms with Crippen molar-refractivity contribution in [1.82, 2.24) is 0 Å². The van der Waals surface area contributed by atoms with E-state index in [9.17, 15) is 9.59 Å². The lowest BCUT2D eigenvalue weighted by Gasteiger charge is -2.28. The minimum Gasteiger partial charge on any atom is -0.493 e. The highest BCUT2D eigenvalue weighted by atomic mass is 16.5. The molecule has 0 atom stereocenters. The molecular weight excluding hydrogens is 378 g/mol. The molecule has 30 heavy (non-hydrogen) atoms. The van der Waals surface area contributed by atoms with Crippen LogP contribution >= 0.6 is 0 Å². The zero-order chi connectivity index (χ0) is 21.6. The summed E-state index contributed by atoms with van der Waals surface area (Å²) < 4.78 is 10.7. The van der Waals surface area contributed by atoms with Crippen molar-refractivity contribution in [3.63, 3.8) is 0 Å². The summed E-state index contributed by atoms with van der Waals surface area (Å²) in [5.74, 6) is -0.0338. The molecule has 0 saturated heterocycles. The first-order valence-electron chi connectivity index (χ1n) is 10.7. The summed E-state index contributed by atoms with van der Waals surface area (Å²) in [5.41, 5.74) is 2.59. The molecule has 5 nitrogen and oxygen atoms in total. The lowest BCUT2D eigenvalue weighted by atomic mass is 9.77. The Hall–Kier alpha value is -2.82. The van der Waals surface area contributed by atoms with E-state index in [4.69, 9.17) is 9.47 Å². The van der Waals surface area contributed by atoms with Crippen molar-refractivity contribution in [2.45, 2.75) is 57.8 Å². The lowest BCUT2D eigenvalue weighted by molar-refractivity contribution is -0.121. The van der Waals surface area contributed by atoms with Gasteiger partial charge in [0.05, 0.1) is 19.1 Å². The summed E-state index contributed by atoms with van der Waals surface area (Å²) in [6.45, 7) is 4.66. The Labute approximate surface area is 178 Å². The molecule has 1 aliphatic rings. The van der Waals surface area contributed by atoms with Crippen LogP contribution in [0.15, 0.2) is 42.5 Å². The Bertz CT molecular complexity index is 883. The van der Waals surface area contributed by atoms with Gasteiger partial charge in [-0.1, -0.05) is 56.0 Å². The summed E-state index contributed by atoms with van der Waals surface area (Å²) in [5, 5.41) is 3.05. The average Bonchev–Trinajstić information content (AvgIpc) is 3.26. The molecule has 0 unspecified atom stereocenters. The maximum Gasteiger partial charge on any atom is 0.341 e. The van der Waals surface area contributed by atoms with Gasteiger partial charge in [0.2, 0.25) is 5.91 Å². The number of aryl methyl sites for hydroxylation is 1. The van der Waals surface area contributed by atoms with Crippen molar-refractivity contribution in [2.24, 2.45) is 0 Å². The van der Waals surface area contributed by atoms with Gasteiger partial charge in [-0.2, -0.15) is 0 Å². The third-order valence-corrected chi connectivity index (χ3v) is 5.89. The van der Waals surface area contributed by atoms with Gasteiger partial charge in [0.15, 0.2) is 0 Å². The highest BCUT2D eigenvalue weighted by Crippen LogP contribution is 2.42. The molecular formula is C25H31NO4. The van der Waals surface area contributed by atoms with Crippen LogP contribution in [0.3, 0.4) is 0 Å². The third kappa shape index (κ3) is 4.66. The molecule has 0 aliphatic heterocycles. The average molecular weight is 410 g/mol. The number of carbonyl (C=O) groups excluding carboxylic acids is 2. The maximum atomic E-state index is 13.4. The Morgan fingerprint density at radius 1 is 1.07 bits per heavy atom. The summed E-state index contributed by atoms with van der Waals surface area (Å²) in [6.07, 6.45) is 5.60. The van der Waals surface area contributed by atoms with Crippen LogP contribution in [0.2, 0.25) is 0 Å². The van der Waals surface area contributed by atoms with Crippen molar-refractivity contribution in [3.05, 3.63) is 59.2 Å². The Kier molecular flexibility index (Phi) is 7.14. The van der Waals surface area contributed by atoms with E-state index >= 15 is 0 Å². The molecule has 2 aromatic rings. The van der Waals surface area contributed by atoms with Crippen molar-refractivity contribution in [2.75, 3.05) is 19.0 Å². The number of methoxy groups -OCH3 is 1. The van der Waals surface area contributed by atoms with Gasteiger partial charge in [-0.3, -0.25) is 4.79 Å². The van der Waals surface area contributed by atoms with Crippen molar-refractivity contribution in [3.8, 4) is 5.75 Å². The maximum absolute atomic E-state index is 13.4. The Morgan fingerprint density at radius 2 is 1.77 bits per heavy atom. The molecule has 0 heterocycles. The first kappa shape index (κ1) is 21.9. The summed E-state index contributed by atoms with van der Waals surface area (Å²) in [7, 11) is 1.34. The van der Waals surface area contributed by atoms with Crippen LogP contribution < -0.4 is 10.1 Å². The fraction of sp³-hybridized carbons (Fsp3) is 0.440. The number of rotatable bonds is 8. The van der Waals surface area contributed by atoms with Gasteiger partial charge < -0.3 is 14.8 Å². The Balaban J connectivity index is 1.85.